The molecular weight excluding hydrogens is 264 g/mol. The average molecular weight is 282 g/mol. The van der Waals surface area contributed by atoms with Crippen molar-refractivity contribution in [2.45, 2.75) is 24.2 Å². The van der Waals surface area contributed by atoms with Crippen LogP contribution in [0.2, 0.25) is 0 Å². The van der Waals surface area contributed by atoms with E-state index in [1.807, 2.05) is 0 Å². The number of ketones is 1. The van der Waals surface area contributed by atoms with Crippen LogP contribution in [0.5, 0.6) is 0 Å². The first-order chi connectivity index (χ1) is 9.54. The van der Waals surface area contributed by atoms with Crippen LogP contribution in [0, 0.1) is 11.8 Å². The fourth-order valence-electron chi connectivity index (χ4n) is 3.87. The third kappa shape index (κ3) is 1.44. The largest absolute Gasteiger partial charge is 0.466 e. The quantitative estimate of drug-likeness (QED) is 0.700. The molecule has 0 aromatic rings. The van der Waals surface area contributed by atoms with E-state index in [4.69, 9.17) is 18.9 Å². The van der Waals surface area contributed by atoms with E-state index in [0.29, 0.717) is 18.6 Å². The summed E-state index contributed by atoms with van der Waals surface area (Å²) in [5.41, 5.74) is -0.730. The number of rotatable bonds is 3. The number of hydrogen-bond acceptors (Lipinski definition) is 6. The molecule has 1 saturated heterocycles. The first kappa shape index (κ1) is 13.7. The Hall–Kier alpha value is -1.24. The summed E-state index contributed by atoms with van der Waals surface area (Å²) in [4.78, 5) is 24.8. The summed E-state index contributed by atoms with van der Waals surface area (Å²) >= 11 is 0. The summed E-state index contributed by atoms with van der Waals surface area (Å²) in [5.74, 6) is -2.45. The van der Waals surface area contributed by atoms with Crippen LogP contribution in [-0.4, -0.2) is 51.1 Å². The Morgan fingerprint density at radius 1 is 1.35 bits per heavy atom. The Balaban J connectivity index is 2.19. The van der Waals surface area contributed by atoms with Gasteiger partial charge in [0.2, 0.25) is 11.6 Å². The maximum Gasteiger partial charge on any atom is 0.334 e. The molecule has 4 unspecified atom stereocenters. The second-order valence-corrected chi connectivity index (χ2v) is 5.46. The number of methoxy groups -OCH3 is 3. The van der Waals surface area contributed by atoms with Crippen molar-refractivity contribution in [2.24, 2.45) is 11.8 Å². The summed E-state index contributed by atoms with van der Waals surface area (Å²) in [6.45, 7) is 0.439. The van der Waals surface area contributed by atoms with Gasteiger partial charge in [-0.15, -0.1) is 0 Å². The molecule has 3 aliphatic carbocycles. The summed E-state index contributed by atoms with van der Waals surface area (Å²) < 4.78 is 21.4. The molecule has 1 saturated carbocycles. The minimum atomic E-state index is -1.42. The SMILES string of the molecule is COC(=O)C1=CC2(OC)CC3CCOC(OC)(C2=O)C13. The van der Waals surface area contributed by atoms with Gasteiger partial charge in [0, 0.05) is 19.8 Å². The van der Waals surface area contributed by atoms with Gasteiger partial charge < -0.3 is 18.9 Å². The standard InChI is InChI=1S/C14H18O6/c1-17-11(15)9-7-13(18-2)6-8-4-5-20-14(19-3,10(8)9)12(13)16/h7-8,10H,4-6H2,1-3H3. The van der Waals surface area contributed by atoms with E-state index in [2.05, 4.69) is 0 Å². The van der Waals surface area contributed by atoms with Crippen molar-refractivity contribution in [3.05, 3.63) is 11.6 Å². The molecule has 1 aliphatic heterocycles. The van der Waals surface area contributed by atoms with Gasteiger partial charge in [0.15, 0.2) is 5.60 Å². The summed E-state index contributed by atoms with van der Waals surface area (Å²) in [5, 5.41) is 0. The second kappa shape index (κ2) is 4.38. The lowest BCUT2D eigenvalue weighted by molar-refractivity contribution is -0.290. The van der Waals surface area contributed by atoms with E-state index >= 15 is 0 Å². The Labute approximate surface area is 117 Å². The zero-order valence-electron chi connectivity index (χ0n) is 11.8. The highest BCUT2D eigenvalue weighted by atomic mass is 16.7. The smallest absolute Gasteiger partial charge is 0.334 e. The van der Waals surface area contributed by atoms with Crippen molar-refractivity contribution < 1.29 is 28.5 Å². The lowest BCUT2D eigenvalue weighted by atomic mass is 9.57. The summed E-state index contributed by atoms with van der Waals surface area (Å²) in [6, 6.07) is 0. The fourth-order valence-corrected chi connectivity index (χ4v) is 3.87. The van der Waals surface area contributed by atoms with E-state index in [1.165, 1.54) is 21.3 Å². The topological polar surface area (TPSA) is 71.1 Å². The molecule has 4 bridgehead atoms. The molecule has 4 rings (SSSR count). The van der Waals surface area contributed by atoms with E-state index in [9.17, 15) is 9.59 Å². The van der Waals surface area contributed by atoms with Gasteiger partial charge in [0.25, 0.3) is 0 Å². The van der Waals surface area contributed by atoms with Gasteiger partial charge in [-0.25, -0.2) is 4.79 Å². The van der Waals surface area contributed by atoms with Crippen molar-refractivity contribution in [3.8, 4) is 0 Å². The second-order valence-electron chi connectivity index (χ2n) is 5.46. The fraction of sp³-hybridized carbons (Fsp3) is 0.714. The molecule has 0 amide bonds. The number of ether oxygens (including phenoxy) is 4. The lowest BCUT2D eigenvalue weighted by Gasteiger charge is -2.57. The number of hydrogen-bond donors (Lipinski definition) is 0. The van der Waals surface area contributed by atoms with Crippen LogP contribution in [0.15, 0.2) is 11.6 Å². The van der Waals surface area contributed by atoms with Gasteiger partial charge in [0.05, 0.1) is 19.6 Å². The molecular formula is C14H18O6. The van der Waals surface area contributed by atoms with Crippen LogP contribution in [0.1, 0.15) is 12.8 Å². The van der Waals surface area contributed by atoms with Crippen LogP contribution in [-0.2, 0) is 28.5 Å². The molecule has 1 heterocycles. The van der Waals surface area contributed by atoms with Gasteiger partial charge in [-0.3, -0.25) is 4.79 Å². The molecule has 110 valence electrons. The average Bonchev–Trinajstić information content (AvgIpc) is 2.50. The van der Waals surface area contributed by atoms with Crippen molar-refractivity contribution in [3.63, 3.8) is 0 Å². The zero-order valence-corrected chi connectivity index (χ0v) is 11.8. The molecule has 0 aromatic carbocycles. The molecule has 2 fully saturated rings. The lowest BCUT2D eigenvalue weighted by Crippen LogP contribution is -2.71. The van der Waals surface area contributed by atoms with Crippen LogP contribution in [0.3, 0.4) is 0 Å². The van der Waals surface area contributed by atoms with Crippen molar-refractivity contribution in [1.29, 1.82) is 0 Å². The van der Waals surface area contributed by atoms with E-state index < -0.39 is 23.3 Å². The highest BCUT2D eigenvalue weighted by Crippen LogP contribution is 2.56. The van der Waals surface area contributed by atoms with Crippen molar-refractivity contribution in [1.82, 2.24) is 0 Å². The molecule has 6 heteroatoms. The molecule has 0 radical (unpaired) electrons. The molecule has 4 atom stereocenters. The van der Waals surface area contributed by atoms with Crippen LogP contribution >= 0.6 is 0 Å². The van der Waals surface area contributed by atoms with E-state index in [1.54, 1.807) is 6.08 Å². The zero-order chi connectivity index (χ0) is 14.5. The Bertz CT molecular complexity index is 498. The van der Waals surface area contributed by atoms with Crippen LogP contribution < -0.4 is 0 Å². The van der Waals surface area contributed by atoms with E-state index in [0.717, 1.165) is 6.42 Å². The van der Waals surface area contributed by atoms with E-state index in [-0.39, 0.29) is 11.7 Å². The number of Topliss-reactive ketones (excluding diaryl/α,β-unsaturated/α-hetero) is 1. The van der Waals surface area contributed by atoms with Crippen LogP contribution in [0.4, 0.5) is 0 Å². The molecule has 0 spiro atoms. The normalized spacial score (nSPS) is 42.4. The highest BCUT2D eigenvalue weighted by Gasteiger charge is 2.69. The van der Waals surface area contributed by atoms with Crippen LogP contribution in [0.25, 0.3) is 0 Å². The first-order valence-electron chi connectivity index (χ1n) is 6.65. The Morgan fingerprint density at radius 2 is 2.10 bits per heavy atom. The molecule has 20 heavy (non-hydrogen) atoms. The minimum absolute atomic E-state index is 0.112. The predicted molar refractivity (Wildman–Crippen MR) is 66.8 cm³/mol. The third-order valence-electron chi connectivity index (χ3n) is 4.76. The molecule has 0 aromatic heterocycles. The van der Waals surface area contributed by atoms with Gasteiger partial charge in [-0.2, -0.15) is 0 Å². The Kier molecular flexibility index (Phi) is 3.00. The van der Waals surface area contributed by atoms with Crippen molar-refractivity contribution in [2.75, 3.05) is 27.9 Å². The maximum atomic E-state index is 12.8. The summed E-state index contributed by atoms with van der Waals surface area (Å²) in [7, 11) is 4.22. The van der Waals surface area contributed by atoms with Gasteiger partial charge in [0.1, 0.15) is 0 Å². The first-order valence-corrected chi connectivity index (χ1v) is 6.65. The monoisotopic (exact) mass is 282 g/mol. The van der Waals surface area contributed by atoms with Crippen molar-refractivity contribution >= 4 is 11.8 Å². The summed E-state index contributed by atoms with van der Waals surface area (Å²) in [6.07, 6.45) is 2.92. The molecule has 6 nitrogen and oxygen atoms in total. The molecule has 0 N–H and O–H groups in total. The predicted octanol–water partition coefficient (Wildman–Crippen LogP) is 0.453. The minimum Gasteiger partial charge on any atom is -0.466 e. The molecule has 4 aliphatic rings. The van der Waals surface area contributed by atoms with Gasteiger partial charge >= 0.3 is 5.97 Å². The highest BCUT2D eigenvalue weighted by molar-refractivity contribution is 6.04. The third-order valence-corrected chi connectivity index (χ3v) is 4.76. The van der Waals surface area contributed by atoms with Gasteiger partial charge in [-0.05, 0) is 24.8 Å². The number of carbonyl (C=O) groups is 2. The Morgan fingerprint density at radius 3 is 2.70 bits per heavy atom. The number of carbonyl (C=O) groups excluding carboxylic acids is 2. The van der Waals surface area contributed by atoms with Gasteiger partial charge in [-0.1, -0.05) is 0 Å². The maximum absolute atomic E-state index is 12.8. The number of esters is 1.